The Bertz CT molecular complexity index is 974. The lowest BCUT2D eigenvalue weighted by molar-refractivity contribution is 0.0681. The third kappa shape index (κ3) is 7.24. The van der Waals surface area contributed by atoms with E-state index >= 15 is 0 Å². The Labute approximate surface area is 196 Å². The van der Waals surface area contributed by atoms with Crippen molar-refractivity contribution in [3.05, 3.63) is 64.7 Å². The molecule has 0 aromatic heterocycles. The van der Waals surface area contributed by atoms with Gasteiger partial charge in [0.15, 0.2) is 9.84 Å². The van der Waals surface area contributed by atoms with Gasteiger partial charge in [0.05, 0.1) is 18.1 Å². The molecule has 0 bridgehead atoms. The number of hydrogen-bond donors (Lipinski definition) is 0. The fourth-order valence-corrected chi connectivity index (χ4v) is 5.79. The molecule has 174 valence electrons. The highest BCUT2D eigenvalue weighted by Gasteiger charge is 2.35. The third-order valence-electron chi connectivity index (χ3n) is 5.79. The number of halogens is 1. The van der Waals surface area contributed by atoms with Crippen molar-refractivity contribution in [3.8, 4) is 5.75 Å². The molecular formula is C25H32ClNO4S. The molecule has 32 heavy (non-hydrogen) atoms. The van der Waals surface area contributed by atoms with Crippen LogP contribution in [0.3, 0.4) is 0 Å². The van der Waals surface area contributed by atoms with Crippen LogP contribution in [0.2, 0.25) is 5.02 Å². The van der Waals surface area contributed by atoms with Crippen LogP contribution >= 0.6 is 11.6 Å². The van der Waals surface area contributed by atoms with Crippen molar-refractivity contribution >= 4 is 27.3 Å². The Hall–Kier alpha value is -2.05. The van der Waals surface area contributed by atoms with Gasteiger partial charge >= 0.3 is 0 Å². The van der Waals surface area contributed by atoms with Gasteiger partial charge in [-0.05, 0) is 54.8 Å². The highest BCUT2D eigenvalue weighted by molar-refractivity contribution is 7.91. The molecule has 1 saturated heterocycles. The first-order valence-electron chi connectivity index (χ1n) is 11.4. The summed E-state index contributed by atoms with van der Waals surface area (Å²) < 4.78 is 29.9. The summed E-state index contributed by atoms with van der Waals surface area (Å²) in [5.41, 5.74) is 1.44. The van der Waals surface area contributed by atoms with Crippen molar-refractivity contribution in [2.45, 2.75) is 58.0 Å². The number of carbonyl (C=O) groups excluding carboxylic acids is 1. The van der Waals surface area contributed by atoms with Crippen molar-refractivity contribution in [1.82, 2.24) is 4.90 Å². The van der Waals surface area contributed by atoms with Gasteiger partial charge in [-0.25, -0.2) is 8.42 Å². The first-order valence-corrected chi connectivity index (χ1v) is 13.6. The minimum Gasteiger partial charge on any atom is -0.494 e. The second-order valence-electron chi connectivity index (χ2n) is 8.40. The lowest BCUT2D eigenvalue weighted by Gasteiger charge is -2.28. The van der Waals surface area contributed by atoms with Crippen LogP contribution in [0.25, 0.3) is 0 Å². The number of hydrogen-bond acceptors (Lipinski definition) is 4. The maximum Gasteiger partial charge on any atom is 0.254 e. The molecule has 1 aliphatic rings. The zero-order chi connectivity index (χ0) is 23.0. The Morgan fingerprint density at radius 2 is 1.72 bits per heavy atom. The minimum absolute atomic E-state index is 0.00551. The molecule has 2 aromatic rings. The van der Waals surface area contributed by atoms with E-state index in [0.29, 0.717) is 30.2 Å². The lowest BCUT2D eigenvalue weighted by Crippen LogP contribution is -2.40. The monoisotopic (exact) mass is 477 g/mol. The molecule has 0 saturated carbocycles. The van der Waals surface area contributed by atoms with Crippen LogP contribution < -0.4 is 4.74 Å². The molecule has 3 rings (SSSR count). The van der Waals surface area contributed by atoms with Gasteiger partial charge in [0, 0.05) is 23.2 Å². The number of nitrogens with zero attached hydrogens (tertiary/aromatic N) is 1. The average molecular weight is 478 g/mol. The van der Waals surface area contributed by atoms with Gasteiger partial charge in [0.2, 0.25) is 0 Å². The second kappa shape index (κ2) is 11.7. The van der Waals surface area contributed by atoms with Crippen LogP contribution in [0.1, 0.15) is 61.4 Å². The van der Waals surface area contributed by atoms with Crippen LogP contribution in [0, 0.1) is 0 Å². The highest BCUT2D eigenvalue weighted by Crippen LogP contribution is 2.24. The molecule has 7 heteroatoms. The van der Waals surface area contributed by atoms with Crippen molar-refractivity contribution in [2.75, 3.05) is 18.1 Å². The number of ether oxygens (including phenoxy) is 1. The van der Waals surface area contributed by atoms with Gasteiger partial charge in [0.25, 0.3) is 5.91 Å². The SMILES string of the molecule is CCCCCCCOc1ccc(C(=O)N(Cc2ccc(Cl)cc2)C2CCS(=O)(=O)C2)cc1. The number of rotatable bonds is 11. The Morgan fingerprint density at radius 3 is 2.34 bits per heavy atom. The van der Waals surface area contributed by atoms with Gasteiger partial charge in [-0.2, -0.15) is 0 Å². The maximum absolute atomic E-state index is 13.4. The summed E-state index contributed by atoms with van der Waals surface area (Å²) in [4.78, 5) is 15.0. The molecule has 5 nitrogen and oxygen atoms in total. The molecule has 1 aliphatic heterocycles. The number of sulfone groups is 1. The molecule has 2 aromatic carbocycles. The number of unbranched alkanes of at least 4 members (excludes halogenated alkanes) is 4. The molecule has 0 aliphatic carbocycles. The van der Waals surface area contributed by atoms with Crippen molar-refractivity contribution in [2.24, 2.45) is 0 Å². The highest BCUT2D eigenvalue weighted by atomic mass is 35.5. The molecule has 1 atom stereocenters. The Kier molecular flexibility index (Phi) is 9.00. The molecule has 0 N–H and O–H groups in total. The number of benzene rings is 2. The van der Waals surface area contributed by atoms with Gasteiger partial charge in [-0.1, -0.05) is 56.3 Å². The van der Waals surface area contributed by atoms with E-state index in [9.17, 15) is 13.2 Å². The fraction of sp³-hybridized carbons (Fsp3) is 0.480. The first-order chi connectivity index (χ1) is 15.4. The van der Waals surface area contributed by atoms with Crippen molar-refractivity contribution in [3.63, 3.8) is 0 Å². The van der Waals surface area contributed by atoms with Crippen LogP contribution in [0.15, 0.2) is 48.5 Å². The van der Waals surface area contributed by atoms with E-state index < -0.39 is 9.84 Å². The van der Waals surface area contributed by atoms with Gasteiger partial charge in [-0.3, -0.25) is 4.79 Å². The predicted molar refractivity (Wildman–Crippen MR) is 129 cm³/mol. The van der Waals surface area contributed by atoms with Gasteiger partial charge < -0.3 is 9.64 Å². The molecule has 0 spiro atoms. The zero-order valence-corrected chi connectivity index (χ0v) is 20.2. The van der Waals surface area contributed by atoms with E-state index in [1.807, 2.05) is 24.3 Å². The third-order valence-corrected chi connectivity index (χ3v) is 7.80. The summed E-state index contributed by atoms with van der Waals surface area (Å²) in [6.07, 6.45) is 6.35. The predicted octanol–water partition coefficient (Wildman–Crippen LogP) is 5.52. The van der Waals surface area contributed by atoms with E-state index in [0.717, 1.165) is 24.2 Å². The number of carbonyl (C=O) groups is 1. The molecular weight excluding hydrogens is 446 g/mol. The molecule has 1 unspecified atom stereocenters. The standard InChI is InChI=1S/C25H32ClNO4S/c1-2-3-4-5-6-16-31-24-13-9-21(10-14-24)25(28)27(23-15-17-32(29,30)19-23)18-20-7-11-22(26)12-8-20/h7-14,23H,2-6,15-19H2,1H3. The summed E-state index contributed by atoms with van der Waals surface area (Å²) in [6.45, 7) is 3.20. The fourth-order valence-electron chi connectivity index (χ4n) is 3.93. The normalized spacial score (nSPS) is 17.2. The average Bonchev–Trinajstić information content (AvgIpc) is 3.15. The summed E-state index contributed by atoms with van der Waals surface area (Å²) in [5.74, 6) is 0.691. The number of amides is 1. The zero-order valence-electron chi connectivity index (χ0n) is 18.6. The summed E-state index contributed by atoms with van der Waals surface area (Å²) >= 11 is 5.98. The summed E-state index contributed by atoms with van der Waals surface area (Å²) in [6, 6.07) is 14.1. The topological polar surface area (TPSA) is 63.7 Å². The van der Waals surface area contributed by atoms with Crippen LogP contribution in [0.5, 0.6) is 5.75 Å². The van der Waals surface area contributed by atoms with Gasteiger partial charge in [0.1, 0.15) is 5.75 Å². The summed E-state index contributed by atoms with van der Waals surface area (Å²) in [5, 5.41) is 0.621. The van der Waals surface area contributed by atoms with Crippen molar-refractivity contribution < 1.29 is 17.9 Å². The molecule has 1 amide bonds. The van der Waals surface area contributed by atoms with Crippen LogP contribution in [-0.2, 0) is 16.4 Å². The summed E-state index contributed by atoms with van der Waals surface area (Å²) in [7, 11) is -3.12. The maximum atomic E-state index is 13.4. The molecule has 1 heterocycles. The van der Waals surface area contributed by atoms with E-state index in [1.54, 1.807) is 29.2 Å². The van der Waals surface area contributed by atoms with E-state index in [-0.39, 0.29) is 23.5 Å². The van der Waals surface area contributed by atoms with Crippen molar-refractivity contribution in [1.29, 1.82) is 0 Å². The minimum atomic E-state index is -3.12. The molecule has 0 radical (unpaired) electrons. The Balaban J connectivity index is 1.66. The first kappa shape index (κ1) is 24.6. The Morgan fingerprint density at radius 1 is 1.03 bits per heavy atom. The smallest absolute Gasteiger partial charge is 0.254 e. The quantitative estimate of drug-likeness (QED) is 0.400. The van der Waals surface area contributed by atoms with Crippen LogP contribution in [-0.4, -0.2) is 43.4 Å². The van der Waals surface area contributed by atoms with E-state index in [2.05, 4.69) is 6.92 Å². The van der Waals surface area contributed by atoms with Gasteiger partial charge in [-0.15, -0.1) is 0 Å². The largest absolute Gasteiger partial charge is 0.494 e. The van der Waals surface area contributed by atoms with Crippen LogP contribution in [0.4, 0.5) is 0 Å². The van der Waals surface area contributed by atoms with E-state index in [4.69, 9.17) is 16.3 Å². The lowest BCUT2D eigenvalue weighted by atomic mass is 10.1. The molecule has 1 fully saturated rings. The second-order valence-corrected chi connectivity index (χ2v) is 11.1. The van der Waals surface area contributed by atoms with E-state index in [1.165, 1.54) is 19.3 Å².